The molecule has 0 aliphatic carbocycles. The smallest absolute Gasteiger partial charge is 0.224 e. The molecule has 0 bridgehead atoms. The van der Waals surface area contributed by atoms with Crippen LogP contribution in [0, 0.1) is 20.8 Å². The Labute approximate surface area is 171 Å². The Balaban J connectivity index is 1.74. The number of hydrogen-bond acceptors (Lipinski definition) is 5. The summed E-state index contributed by atoms with van der Waals surface area (Å²) in [5, 5.41) is 8.48. The summed E-state index contributed by atoms with van der Waals surface area (Å²) in [6.45, 7) is 8.52. The highest BCUT2D eigenvalue weighted by Crippen LogP contribution is 2.30. The molecular weight excluding hydrogens is 368 g/mol. The van der Waals surface area contributed by atoms with Gasteiger partial charge in [-0.1, -0.05) is 0 Å². The Morgan fingerprint density at radius 3 is 2.62 bits per heavy atom. The molecule has 0 spiro atoms. The molecule has 7 heteroatoms. The molecule has 2 aromatic heterocycles. The number of rotatable bonds is 7. The van der Waals surface area contributed by atoms with Gasteiger partial charge in [-0.3, -0.25) is 9.48 Å². The van der Waals surface area contributed by atoms with Crippen molar-refractivity contribution in [3.05, 3.63) is 40.7 Å². The minimum atomic E-state index is -0.0574. The minimum Gasteiger partial charge on any atom is -0.493 e. The predicted octanol–water partition coefficient (Wildman–Crippen LogP) is 3.87. The van der Waals surface area contributed by atoms with Crippen molar-refractivity contribution < 1.29 is 14.3 Å². The van der Waals surface area contributed by atoms with Gasteiger partial charge in [0.05, 0.1) is 19.4 Å². The van der Waals surface area contributed by atoms with Crippen LogP contribution < -0.4 is 14.8 Å². The van der Waals surface area contributed by atoms with Crippen molar-refractivity contribution in [3.63, 3.8) is 0 Å². The van der Waals surface area contributed by atoms with Gasteiger partial charge in [-0.15, -0.1) is 0 Å². The third kappa shape index (κ3) is 4.18. The van der Waals surface area contributed by atoms with Crippen molar-refractivity contribution in [1.29, 1.82) is 0 Å². The molecule has 3 aromatic rings. The highest BCUT2D eigenvalue weighted by Gasteiger charge is 2.16. The normalized spacial score (nSPS) is 11.0. The lowest BCUT2D eigenvalue weighted by Gasteiger charge is -2.13. The number of amides is 1. The van der Waals surface area contributed by atoms with Crippen LogP contribution in [0.3, 0.4) is 0 Å². The standard InChI is InChI=1S/C22H28N4O3/c1-7-29-18-10-8-16(12-19(18)28-6)24-20(27)11-9-17-13(2)21-15(4)25-26(5)22(21)23-14(17)3/h8,10,12H,7,9,11H2,1-6H3,(H,24,27). The summed E-state index contributed by atoms with van der Waals surface area (Å²) in [5.74, 6) is 1.20. The van der Waals surface area contributed by atoms with Crippen molar-refractivity contribution in [3.8, 4) is 11.5 Å². The van der Waals surface area contributed by atoms with Crippen LogP contribution in [0.5, 0.6) is 11.5 Å². The van der Waals surface area contributed by atoms with Crippen molar-refractivity contribution in [1.82, 2.24) is 14.8 Å². The molecule has 154 valence electrons. The quantitative estimate of drug-likeness (QED) is 0.656. The molecule has 1 amide bonds. The maximum absolute atomic E-state index is 12.5. The fourth-order valence-electron chi connectivity index (χ4n) is 3.71. The lowest BCUT2D eigenvalue weighted by molar-refractivity contribution is -0.116. The van der Waals surface area contributed by atoms with Gasteiger partial charge in [-0.2, -0.15) is 5.10 Å². The van der Waals surface area contributed by atoms with Crippen LogP contribution in [-0.2, 0) is 18.3 Å². The van der Waals surface area contributed by atoms with Crippen LogP contribution in [0.2, 0.25) is 0 Å². The first kappa shape index (κ1) is 20.6. The summed E-state index contributed by atoms with van der Waals surface area (Å²) in [6.07, 6.45) is 0.985. The van der Waals surface area contributed by atoms with E-state index in [4.69, 9.17) is 14.5 Å². The van der Waals surface area contributed by atoms with Gasteiger partial charge < -0.3 is 14.8 Å². The Morgan fingerprint density at radius 2 is 1.93 bits per heavy atom. The highest BCUT2D eigenvalue weighted by molar-refractivity contribution is 5.91. The van der Waals surface area contributed by atoms with Gasteiger partial charge in [-0.05, 0) is 57.4 Å². The highest BCUT2D eigenvalue weighted by atomic mass is 16.5. The summed E-state index contributed by atoms with van der Waals surface area (Å²) < 4.78 is 12.7. The first-order valence-corrected chi connectivity index (χ1v) is 9.75. The largest absolute Gasteiger partial charge is 0.493 e. The lowest BCUT2D eigenvalue weighted by Crippen LogP contribution is -2.13. The van der Waals surface area contributed by atoms with Crippen molar-refractivity contribution in [2.24, 2.45) is 7.05 Å². The Morgan fingerprint density at radius 1 is 1.17 bits per heavy atom. The summed E-state index contributed by atoms with van der Waals surface area (Å²) in [4.78, 5) is 17.2. The van der Waals surface area contributed by atoms with E-state index in [1.165, 1.54) is 0 Å². The second-order valence-corrected chi connectivity index (χ2v) is 7.06. The molecule has 0 saturated heterocycles. The molecular formula is C22H28N4O3. The average molecular weight is 396 g/mol. The van der Waals surface area contributed by atoms with Crippen molar-refractivity contribution in [2.75, 3.05) is 19.0 Å². The van der Waals surface area contributed by atoms with Gasteiger partial charge in [0.15, 0.2) is 17.1 Å². The van der Waals surface area contributed by atoms with Crippen LogP contribution in [-0.4, -0.2) is 34.4 Å². The van der Waals surface area contributed by atoms with Crippen LogP contribution in [0.25, 0.3) is 11.0 Å². The molecule has 7 nitrogen and oxygen atoms in total. The number of nitrogens with zero attached hydrogens (tertiary/aromatic N) is 3. The minimum absolute atomic E-state index is 0.0574. The first-order chi connectivity index (χ1) is 13.8. The number of ether oxygens (including phenoxy) is 2. The number of hydrogen-bond donors (Lipinski definition) is 1. The van der Waals surface area contributed by atoms with Crippen molar-refractivity contribution >= 4 is 22.6 Å². The molecule has 0 radical (unpaired) electrons. The summed E-state index contributed by atoms with van der Waals surface area (Å²) >= 11 is 0. The number of fused-ring (bicyclic) bond motifs is 1. The van der Waals surface area contributed by atoms with E-state index >= 15 is 0 Å². The summed E-state index contributed by atoms with van der Waals surface area (Å²) in [5.41, 5.74) is 5.71. The van der Waals surface area contributed by atoms with E-state index in [1.54, 1.807) is 23.9 Å². The molecule has 0 aliphatic rings. The number of pyridine rings is 1. The number of methoxy groups -OCH3 is 1. The third-order valence-corrected chi connectivity index (χ3v) is 5.08. The summed E-state index contributed by atoms with van der Waals surface area (Å²) in [6, 6.07) is 5.38. The molecule has 0 aliphatic heterocycles. The molecule has 0 unspecified atom stereocenters. The average Bonchev–Trinajstić information content (AvgIpc) is 2.96. The van der Waals surface area contributed by atoms with Crippen molar-refractivity contribution in [2.45, 2.75) is 40.5 Å². The fourth-order valence-corrected chi connectivity index (χ4v) is 3.71. The van der Waals surface area contributed by atoms with E-state index in [-0.39, 0.29) is 5.91 Å². The number of benzene rings is 1. The maximum atomic E-state index is 12.5. The second kappa shape index (κ2) is 8.51. The van der Waals surface area contributed by atoms with E-state index in [2.05, 4.69) is 17.3 Å². The SMILES string of the molecule is CCOc1ccc(NC(=O)CCc2c(C)nc3c(c(C)nn3C)c2C)cc1OC. The first-order valence-electron chi connectivity index (χ1n) is 9.75. The van der Waals surface area contributed by atoms with Crippen LogP contribution in [0.1, 0.15) is 35.9 Å². The second-order valence-electron chi connectivity index (χ2n) is 7.06. The number of anilines is 1. The molecule has 1 aromatic carbocycles. The topological polar surface area (TPSA) is 78.3 Å². The fraction of sp³-hybridized carbons (Fsp3) is 0.409. The number of carbonyl (C=O) groups is 1. The Bertz CT molecular complexity index is 1060. The molecule has 0 fully saturated rings. The molecule has 3 rings (SSSR count). The lowest BCUT2D eigenvalue weighted by atomic mass is 9.99. The van der Waals surface area contributed by atoms with Crippen LogP contribution in [0.15, 0.2) is 18.2 Å². The number of aryl methyl sites for hydroxylation is 4. The van der Waals surface area contributed by atoms with Gasteiger partial charge in [0.25, 0.3) is 0 Å². The molecule has 1 N–H and O–H groups in total. The zero-order valence-electron chi connectivity index (χ0n) is 17.9. The van der Waals surface area contributed by atoms with E-state index in [9.17, 15) is 4.79 Å². The van der Waals surface area contributed by atoms with E-state index in [0.717, 1.165) is 33.5 Å². The van der Waals surface area contributed by atoms with E-state index < -0.39 is 0 Å². The van der Waals surface area contributed by atoms with Gasteiger partial charge in [0.1, 0.15) is 0 Å². The van der Waals surface area contributed by atoms with E-state index in [0.29, 0.717) is 36.6 Å². The predicted molar refractivity (Wildman–Crippen MR) is 114 cm³/mol. The zero-order valence-corrected chi connectivity index (χ0v) is 17.9. The van der Waals surface area contributed by atoms with E-state index in [1.807, 2.05) is 33.9 Å². The van der Waals surface area contributed by atoms with Gasteiger partial charge >= 0.3 is 0 Å². The Kier molecular flexibility index (Phi) is 6.06. The molecule has 2 heterocycles. The summed E-state index contributed by atoms with van der Waals surface area (Å²) in [7, 11) is 3.48. The molecule has 0 atom stereocenters. The maximum Gasteiger partial charge on any atom is 0.224 e. The van der Waals surface area contributed by atoms with Gasteiger partial charge in [-0.25, -0.2) is 4.98 Å². The number of nitrogens with one attached hydrogen (secondary N) is 1. The van der Waals surface area contributed by atoms with Crippen LogP contribution >= 0.6 is 0 Å². The third-order valence-electron chi connectivity index (χ3n) is 5.08. The monoisotopic (exact) mass is 396 g/mol. The number of aromatic nitrogens is 3. The van der Waals surface area contributed by atoms with Crippen LogP contribution in [0.4, 0.5) is 5.69 Å². The molecule has 0 saturated carbocycles. The zero-order chi connectivity index (χ0) is 21.1. The Hall–Kier alpha value is -3.09. The van der Waals surface area contributed by atoms with Gasteiger partial charge in [0.2, 0.25) is 5.91 Å². The van der Waals surface area contributed by atoms with Gasteiger partial charge in [0, 0.05) is 36.3 Å². The molecule has 29 heavy (non-hydrogen) atoms. The number of carbonyl (C=O) groups excluding carboxylic acids is 1.